The average Bonchev–Trinajstić information content (AvgIpc) is 3.13. The molecule has 0 bridgehead atoms. The highest BCUT2D eigenvalue weighted by Crippen LogP contribution is 2.32. The van der Waals surface area contributed by atoms with Crippen LogP contribution < -0.4 is 14.8 Å². The fourth-order valence-electron chi connectivity index (χ4n) is 2.39. The van der Waals surface area contributed by atoms with Crippen molar-refractivity contribution in [3.8, 4) is 11.5 Å². The Morgan fingerprint density at radius 1 is 1.33 bits per heavy atom. The first-order chi connectivity index (χ1) is 11.7. The van der Waals surface area contributed by atoms with Gasteiger partial charge < -0.3 is 14.8 Å². The van der Waals surface area contributed by atoms with Gasteiger partial charge in [-0.2, -0.15) is 0 Å². The molecule has 0 aliphatic carbocycles. The molecular weight excluding hydrogens is 350 g/mol. The molecule has 3 aromatic rings. The van der Waals surface area contributed by atoms with Crippen LogP contribution in [0.3, 0.4) is 0 Å². The fraction of sp³-hybridized carbons (Fsp3) is 0.125. The molecule has 0 unspecified atom stereocenters. The van der Waals surface area contributed by atoms with Crippen LogP contribution in [-0.4, -0.2) is 28.5 Å². The Kier molecular flexibility index (Phi) is 3.87. The number of ether oxygens (including phenoxy) is 2. The zero-order valence-electron chi connectivity index (χ0n) is 12.4. The van der Waals surface area contributed by atoms with Crippen LogP contribution >= 0.6 is 22.9 Å². The van der Waals surface area contributed by atoms with Gasteiger partial charge in [0.15, 0.2) is 21.6 Å². The van der Waals surface area contributed by atoms with Crippen molar-refractivity contribution >= 4 is 45.6 Å². The molecule has 0 fully saturated rings. The number of imidazole rings is 1. The van der Waals surface area contributed by atoms with Gasteiger partial charge in [0.2, 0.25) is 5.91 Å². The monoisotopic (exact) mass is 361 g/mol. The smallest absolute Gasteiger partial charge is 0.248 e. The third-order valence-corrected chi connectivity index (χ3v) is 4.49. The van der Waals surface area contributed by atoms with E-state index in [1.54, 1.807) is 24.3 Å². The van der Waals surface area contributed by atoms with E-state index < -0.39 is 0 Å². The van der Waals surface area contributed by atoms with Gasteiger partial charge in [-0.25, -0.2) is 4.98 Å². The topological polar surface area (TPSA) is 64.9 Å². The molecule has 6 nitrogen and oxygen atoms in total. The van der Waals surface area contributed by atoms with Crippen LogP contribution in [0.1, 0.15) is 5.69 Å². The molecule has 8 heteroatoms. The number of hydrogen-bond acceptors (Lipinski definition) is 5. The van der Waals surface area contributed by atoms with Gasteiger partial charge in [-0.15, -0.1) is 11.3 Å². The Labute approximate surface area is 146 Å². The molecule has 1 amide bonds. The molecule has 122 valence electrons. The van der Waals surface area contributed by atoms with Gasteiger partial charge in [0.05, 0.1) is 5.69 Å². The first-order valence-electron chi connectivity index (χ1n) is 7.20. The molecule has 1 aliphatic heterocycles. The van der Waals surface area contributed by atoms with Gasteiger partial charge in [0, 0.05) is 29.4 Å². The third kappa shape index (κ3) is 2.83. The number of nitrogens with one attached hydrogen (secondary N) is 1. The summed E-state index contributed by atoms with van der Waals surface area (Å²) in [7, 11) is 0. The largest absolute Gasteiger partial charge is 0.486 e. The van der Waals surface area contributed by atoms with Crippen molar-refractivity contribution in [3.63, 3.8) is 0 Å². The van der Waals surface area contributed by atoms with Crippen LogP contribution in [0.25, 0.3) is 11.0 Å². The van der Waals surface area contributed by atoms with Gasteiger partial charge in [0.25, 0.3) is 0 Å². The number of amides is 1. The maximum Gasteiger partial charge on any atom is 0.248 e. The van der Waals surface area contributed by atoms with Crippen LogP contribution in [0.2, 0.25) is 5.15 Å². The summed E-state index contributed by atoms with van der Waals surface area (Å²) in [6.45, 7) is 1.03. The summed E-state index contributed by atoms with van der Waals surface area (Å²) in [6, 6.07) is 5.28. The van der Waals surface area contributed by atoms with E-state index in [-0.39, 0.29) is 5.91 Å². The van der Waals surface area contributed by atoms with E-state index in [2.05, 4.69) is 10.3 Å². The van der Waals surface area contributed by atoms with E-state index in [9.17, 15) is 4.79 Å². The Morgan fingerprint density at radius 3 is 3.04 bits per heavy atom. The highest BCUT2D eigenvalue weighted by molar-refractivity contribution is 7.15. The first kappa shape index (κ1) is 15.0. The Morgan fingerprint density at radius 2 is 2.17 bits per heavy atom. The number of nitrogens with zero attached hydrogens (tertiary/aromatic N) is 2. The van der Waals surface area contributed by atoms with E-state index in [0.29, 0.717) is 41.2 Å². The van der Waals surface area contributed by atoms with Crippen LogP contribution in [0.4, 0.5) is 5.69 Å². The summed E-state index contributed by atoms with van der Waals surface area (Å²) in [5.41, 5.74) is 1.30. The van der Waals surface area contributed by atoms with Crippen molar-refractivity contribution < 1.29 is 14.3 Å². The van der Waals surface area contributed by atoms with E-state index in [0.717, 1.165) is 4.96 Å². The molecule has 0 radical (unpaired) electrons. The summed E-state index contributed by atoms with van der Waals surface area (Å²) in [5, 5.41) is 5.06. The summed E-state index contributed by atoms with van der Waals surface area (Å²) >= 11 is 7.57. The van der Waals surface area contributed by atoms with Gasteiger partial charge in [-0.05, 0) is 18.2 Å². The molecule has 4 rings (SSSR count). The minimum atomic E-state index is -0.270. The van der Waals surface area contributed by atoms with E-state index >= 15 is 0 Å². The normalized spacial score (nSPS) is 13.5. The Bertz CT molecular complexity index is 947. The minimum Gasteiger partial charge on any atom is -0.486 e. The van der Waals surface area contributed by atoms with Crippen LogP contribution in [0, 0.1) is 0 Å². The predicted octanol–water partition coefficient (Wildman–Crippen LogP) is 3.47. The number of hydrogen-bond donors (Lipinski definition) is 1. The average molecular weight is 362 g/mol. The predicted molar refractivity (Wildman–Crippen MR) is 93.2 cm³/mol. The molecule has 1 aromatic carbocycles. The van der Waals surface area contributed by atoms with Crippen molar-refractivity contribution in [2.45, 2.75) is 0 Å². The second kappa shape index (κ2) is 6.18. The molecule has 24 heavy (non-hydrogen) atoms. The number of benzene rings is 1. The number of rotatable bonds is 3. The number of thiazole rings is 1. The molecule has 0 atom stereocenters. The highest BCUT2D eigenvalue weighted by Gasteiger charge is 2.12. The molecule has 1 aliphatic rings. The van der Waals surface area contributed by atoms with E-state index in [4.69, 9.17) is 21.1 Å². The summed E-state index contributed by atoms with van der Waals surface area (Å²) in [4.78, 5) is 17.1. The summed E-state index contributed by atoms with van der Waals surface area (Å²) in [6.07, 6.45) is 4.92. The van der Waals surface area contributed by atoms with Crippen LogP contribution in [0.15, 0.2) is 35.9 Å². The molecule has 0 spiro atoms. The van der Waals surface area contributed by atoms with E-state index in [1.165, 1.54) is 17.4 Å². The number of anilines is 1. The highest BCUT2D eigenvalue weighted by atomic mass is 35.5. The maximum atomic E-state index is 12.1. The minimum absolute atomic E-state index is 0.270. The zero-order valence-corrected chi connectivity index (χ0v) is 13.9. The SMILES string of the molecule is O=C(/C=C/c1c(Cl)nc2sccn12)Nc1ccc2c(c1)OCCO2. The second-order valence-electron chi connectivity index (χ2n) is 5.02. The van der Waals surface area contributed by atoms with Crippen molar-refractivity contribution in [1.29, 1.82) is 0 Å². The zero-order chi connectivity index (χ0) is 16.5. The van der Waals surface area contributed by atoms with Crippen molar-refractivity contribution in [2.75, 3.05) is 18.5 Å². The molecule has 1 N–H and O–H groups in total. The quantitative estimate of drug-likeness (QED) is 0.725. The molecular formula is C16H12ClN3O3S. The molecule has 0 saturated carbocycles. The van der Waals surface area contributed by atoms with Gasteiger partial charge in [0.1, 0.15) is 13.2 Å². The molecule has 3 heterocycles. The number of carbonyl (C=O) groups excluding carboxylic acids is 1. The van der Waals surface area contributed by atoms with Gasteiger partial charge in [-0.1, -0.05) is 11.6 Å². The second-order valence-corrected chi connectivity index (χ2v) is 6.26. The summed E-state index contributed by atoms with van der Waals surface area (Å²) in [5.74, 6) is 1.04. The molecule has 0 saturated heterocycles. The Balaban J connectivity index is 1.50. The lowest BCUT2D eigenvalue weighted by atomic mass is 10.2. The number of carbonyl (C=O) groups is 1. The Hall–Kier alpha value is -2.51. The van der Waals surface area contributed by atoms with Gasteiger partial charge >= 0.3 is 0 Å². The van der Waals surface area contributed by atoms with Crippen LogP contribution in [0.5, 0.6) is 11.5 Å². The third-order valence-electron chi connectivity index (χ3n) is 3.46. The number of halogens is 1. The first-order valence-corrected chi connectivity index (χ1v) is 8.46. The van der Waals surface area contributed by atoms with E-state index in [1.807, 2.05) is 16.0 Å². The molecule has 2 aromatic heterocycles. The van der Waals surface area contributed by atoms with Crippen LogP contribution in [-0.2, 0) is 4.79 Å². The standard InChI is InChI=1S/C16H12ClN3O3S/c17-15-11(20-5-8-24-16(20)19-15)2-4-14(21)18-10-1-3-12-13(9-10)23-7-6-22-12/h1-5,8-9H,6-7H2,(H,18,21)/b4-2+. The summed E-state index contributed by atoms with van der Waals surface area (Å²) < 4.78 is 12.8. The lowest BCUT2D eigenvalue weighted by Crippen LogP contribution is -2.16. The number of aromatic nitrogens is 2. The van der Waals surface area contributed by atoms with Crippen molar-refractivity contribution in [2.24, 2.45) is 0 Å². The number of fused-ring (bicyclic) bond motifs is 2. The van der Waals surface area contributed by atoms with Gasteiger partial charge in [-0.3, -0.25) is 9.20 Å². The fourth-order valence-corrected chi connectivity index (χ4v) is 3.39. The van der Waals surface area contributed by atoms with Crippen molar-refractivity contribution in [1.82, 2.24) is 9.38 Å². The lowest BCUT2D eigenvalue weighted by Gasteiger charge is -2.18. The van der Waals surface area contributed by atoms with Crippen molar-refractivity contribution in [3.05, 3.63) is 46.7 Å². The lowest BCUT2D eigenvalue weighted by molar-refractivity contribution is -0.111. The maximum absolute atomic E-state index is 12.1.